The van der Waals surface area contributed by atoms with Crippen molar-refractivity contribution in [2.45, 2.75) is 11.4 Å². The summed E-state index contributed by atoms with van der Waals surface area (Å²) in [6.07, 6.45) is 1.59. The summed E-state index contributed by atoms with van der Waals surface area (Å²) in [5.74, 6) is 0. The Morgan fingerprint density at radius 2 is 1.81 bits per heavy atom. The Morgan fingerprint density at radius 1 is 1.10 bits per heavy atom. The molecule has 0 fully saturated rings. The van der Waals surface area contributed by atoms with Crippen LogP contribution in [0.3, 0.4) is 0 Å². The average molecular weight is 307 g/mol. The van der Waals surface area contributed by atoms with Gasteiger partial charge in [0.1, 0.15) is 0 Å². The topological polar surface area (TPSA) is 54.3 Å². The van der Waals surface area contributed by atoms with E-state index in [0.717, 1.165) is 18.8 Å². The first-order chi connectivity index (χ1) is 10.0. The van der Waals surface area contributed by atoms with Crippen molar-refractivity contribution in [2.75, 3.05) is 27.2 Å². The number of nitrogens with zero attached hydrogens (tertiary/aromatic N) is 2. The summed E-state index contributed by atoms with van der Waals surface area (Å²) < 4.78 is 26.5. The number of aromatic nitrogens is 1. The van der Waals surface area contributed by atoms with Crippen molar-refractivity contribution in [2.24, 2.45) is 0 Å². The van der Waals surface area contributed by atoms with E-state index in [1.165, 1.54) is 3.97 Å². The van der Waals surface area contributed by atoms with Gasteiger partial charge in [0.05, 0.1) is 4.90 Å². The van der Waals surface area contributed by atoms with Gasteiger partial charge in [-0.3, -0.25) is 0 Å². The van der Waals surface area contributed by atoms with E-state index in [0.29, 0.717) is 11.4 Å². The molecule has 0 aliphatic heterocycles. The lowest BCUT2D eigenvalue weighted by molar-refractivity contribution is 0.399. The molecule has 2 rings (SSSR count). The van der Waals surface area contributed by atoms with Crippen LogP contribution in [0.1, 0.15) is 5.69 Å². The summed E-state index contributed by atoms with van der Waals surface area (Å²) in [6.45, 7) is 2.24. The maximum Gasteiger partial charge on any atom is 0.267 e. The lowest BCUT2D eigenvalue weighted by Gasteiger charge is -2.13. The fourth-order valence-corrected chi connectivity index (χ4v) is 3.39. The fraction of sp³-hybridized carbons (Fsp3) is 0.333. The van der Waals surface area contributed by atoms with E-state index >= 15 is 0 Å². The van der Waals surface area contributed by atoms with Crippen LogP contribution in [0.4, 0.5) is 0 Å². The summed E-state index contributed by atoms with van der Waals surface area (Å²) in [4.78, 5) is 2.38. The molecule has 0 saturated carbocycles. The Balaban J connectivity index is 2.13. The molecule has 0 amide bonds. The van der Waals surface area contributed by atoms with Crippen LogP contribution in [0.5, 0.6) is 0 Å². The minimum atomic E-state index is -3.51. The van der Waals surface area contributed by atoms with E-state index in [9.17, 15) is 8.42 Å². The van der Waals surface area contributed by atoms with Crippen molar-refractivity contribution in [3.63, 3.8) is 0 Å². The number of hydrogen-bond acceptors (Lipinski definition) is 4. The van der Waals surface area contributed by atoms with Gasteiger partial charge >= 0.3 is 0 Å². The quantitative estimate of drug-likeness (QED) is 0.785. The molecule has 114 valence electrons. The Hall–Kier alpha value is -1.63. The molecule has 1 aromatic heterocycles. The minimum Gasteiger partial charge on any atom is -0.310 e. The van der Waals surface area contributed by atoms with Crippen LogP contribution in [0.25, 0.3) is 0 Å². The third-order valence-electron chi connectivity index (χ3n) is 3.14. The van der Waals surface area contributed by atoms with E-state index in [1.807, 2.05) is 20.2 Å². The molecule has 1 aromatic carbocycles. The summed E-state index contributed by atoms with van der Waals surface area (Å²) in [7, 11) is 0.495. The second-order valence-corrected chi connectivity index (χ2v) is 6.91. The van der Waals surface area contributed by atoms with Crippen LogP contribution in [0, 0.1) is 0 Å². The van der Waals surface area contributed by atoms with Gasteiger partial charge in [0.2, 0.25) is 0 Å². The lowest BCUT2D eigenvalue weighted by atomic mass is 10.4. The molecular formula is C15H21N3O2S. The first-order valence-electron chi connectivity index (χ1n) is 6.84. The molecule has 21 heavy (non-hydrogen) atoms. The summed E-state index contributed by atoms with van der Waals surface area (Å²) >= 11 is 0. The molecule has 5 nitrogen and oxygen atoms in total. The molecule has 2 aromatic rings. The van der Waals surface area contributed by atoms with E-state index in [4.69, 9.17) is 0 Å². The predicted octanol–water partition coefficient (Wildman–Crippen LogP) is 1.38. The van der Waals surface area contributed by atoms with Crippen LogP contribution in [-0.2, 0) is 16.6 Å². The van der Waals surface area contributed by atoms with Crippen LogP contribution >= 0.6 is 0 Å². The SMILES string of the molecule is CN(C)CCNCc1cccn1S(=O)(=O)c1ccccc1. The maximum absolute atomic E-state index is 12.6. The van der Waals surface area contributed by atoms with Crippen LogP contribution in [-0.4, -0.2) is 44.5 Å². The summed E-state index contributed by atoms with van der Waals surface area (Å²) in [6, 6.07) is 12.1. The lowest BCUT2D eigenvalue weighted by Crippen LogP contribution is -2.27. The second kappa shape index (κ2) is 6.89. The van der Waals surface area contributed by atoms with E-state index in [-0.39, 0.29) is 0 Å². The van der Waals surface area contributed by atoms with Crippen LogP contribution in [0.2, 0.25) is 0 Å². The highest BCUT2D eigenvalue weighted by atomic mass is 32.2. The predicted molar refractivity (Wildman–Crippen MR) is 83.7 cm³/mol. The molecule has 1 heterocycles. The van der Waals surface area contributed by atoms with Gasteiger partial charge in [-0.1, -0.05) is 18.2 Å². The van der Waals surface area contributed by atoms with E-state index < -0.39 is 10.0 Å². The van der Waals surface area contributed by atoms with Crippen molar-refractivity contribution < 1.29 is 8.42 Å². The smallest absolute Gasteiger partial charge is 0.267 e. The summed E-state index contributed by atoms with van der Waals surface area (Å²) in [5, 5.41) is 3.26. The van der Waals surface area contributed by atoms with E-state index in [1.54, 1.807) is 42.6 Å². The maximum atomic E-state index is 12.6. The number of benzene rings is 1. The number of nitrogens with one attached hydrogen (secondary N) is 1. The van der Waals surface area contributed by atoms with Crippen molar-refractivity contribution in [1.29, 1.82) is 0 Å². The van der Waals surface area contributed by atoms with Gasteiger partial charge in [0.25, 0.3) is 10.0 Å². The van der Waals surface area contributed by atoms with Crippen molar-refractivity contribution in [1.82, 2.24) is 14.2 Å². The Morgan fingerprint density at radius 3 is 2.48 bits per heavy atom. The Bertz CT molecular complexity index is 663. The molecule has 0 saturated heterocycles. The van der Waals surface area contributed by atoms with Crippen molar-refractivity contribution >= 4 is 10.0 Å². The largest absolute Gasteiger partial charge is 0.310 e. The third-order valence-corrected chi connectivity index (χ3v) is 4.88. The van der Waals surface area contributed by atoms with Gasteiger partial charge in [0, 0.05) is 31.5 Å². The normalized spacial score (nSPS) is 12.0. The molecule has 1 N–H and O–H groups in total. The van der Waals surface area contributed by atoms with Gasteiger partial charge in [-0.2, -0.15) is 0 Å². The monoisotopic (exact) mass is 307 g/mol. The van der Waals surface area contributed by atoms with Gasteiger partial charge in [0.15, 0.2) is 0 Å². The molecule has 6 heteroatoms. The highest BCUT2D eigenvalue weighted by Gasteiger charge is 2.18. The second-order valence-electron chi connectivity index (χ2n) is 5.09. The highest BCUT2D eigenvalue weighted by molar-refractivity contribution is 7.90. The average Bonchev–Trinajstić information content (AvgIpc) is 2.93. The Kier molecular flexibility index (Phi) is 5.17. The molecule has 0 radical (unpaired) electrons. The first kappa shape index (κ1) is 15.8. The fourth-order valence-electron chi connectivity index (χ4n) is 2.00. The zero-order chi connectivity index (χ0) is 15.3. The number of hydrogen-bond donors (Lipinski definition) is 1. The minimum absolute atomic E-state index is 0.302. The third kappa shape index (κ3) is 3.93. The zero-order valence-electron chi connectivity index (χ0n) is 12.4. The molecule has 0 unspecified atom stereocenters. The standard InChI is InChI=1S/C15H21N3O2S/c1-17(2)12-10-16-13-14-7-6-11-18(14)21(19,20)15-8-4-3-5-9-15/h3-9,11,16H,10,12-13H2,1-2H3. The van der Waals surface area contributed by atoms with Crippen LogP contribution in [0.15, 0.2) is 53.6 Å². The number of rotatable bonds is 7. The van der Waals surface area contributed by atoms with Gasteiger partial charge in [-0.05, 0) is 38.4 Å². The van der Waals surface area contributed by atoms with Gasteiger partial charge in [-0.25, -0.2) is 12.4 Å². The molecule has 0 bridgehead atoms. The molecule has 0 atom stereocenters. The molecule has 0 aliphatic rings. The van der Waals surface area contributed by atoms with Crippen molar-refractivity contribution in [3.05, 3.63) is 54.4 Å². The summed E-state index contributed by atoms with van der Waals surface area (Å²) in [5.41, 5.74) is 0.734. The van der Waals surface area contributed by atoms with E-state index in [2.05, 4.69) is 10.2 Å². The zero-order valence-corrected chi connectivity index (χ0v) is 13.2. The molecule has 0 aliphatic carbocycles. The van der Waals surface area contributed by atoms with Crippen molar-refractivity contribution in [3.8, 4) is 0 Å². The highest BCUT2D eigenvalue weighted by Crippen LogP contribution is 2.16. The van der Waals surface area contributed by atoms with Crippen LogP contribution < -0.4 is 5.32 Å². The van der Waals surface area contributed by atoms with Gasteiger partial charge in [-0.15, -0.1) is 0 Å². The molecular weight excluding hydrogens is 286 g/mol. The first-order valence-corrected chi connectivity index (χ1v) is 8.28. The Labute approximate surface area is 126 Å². The number of likely N-dealkylation sites (N-methyl/N-ethyl adjacent to an activating group) is 1. The molecule has 0 spiro atoms. The van der Waals surface area contributed by atoms with Gasteiger partial charge < -0.3 is 10.2 Å².